The summed E-state index contributed by atoms with van der Waals surface area (Å²) < 4.78 is 5.62. The maximum atomic E-state index is 5.62. The Hall–Kier alpha value is -0.820. The fourth-order valence-electron chi connectivity index (χ4n) is 1.73. The largest absolute Gasteiger partial charge is 0.373 e. The highest BCUT2D eigenvalue weighted by atomic mass is 16.5. The minimum absolute atomic E-state index is 0.361. The van der Waals surface area contributed by atoms with Crippen LogP contribution in [0.2, 0.25) is 0 Å². The molecule has 2 rings (SSSR count). The number of hydrogen-bond donors (Lipinski definition) is 0. The Morgan fingerprint density at radius 3 is 2.83 bits per heavy atom. The lowest BCUT2D eigenvalue weighted by Crippen LogP contribution is -2.22. The van der Waals surface area contributed by atoms with Crippen molar-refractivity contribution < 1.29 is 4.74 Å². The average molecular weight is 162 g/mol. The summed E-state index contributed by atoms with van der Waals surface area (Å²) in [4.78, 5) is 0. The molecule has 1 heteroatoms. The Labute approximate surface area is 73.4 Å². The monoisotopic (exact) mass is 162 g/mol. The zero-order valence-electron chi connectivity index (χ0n) is 7.58. The summed E-state index contributed by atoms with van der Waals surface area (Å²) >= 11 is 0. The molecule has 0 bridgehead atoms. The molecule has 0 radical (unpaired) electrons. The molecule has 0 unspecified atom stereocenters. The SMILES string of the molecule is C[C@@H]1OCc2ccccc2[C@@H]1C. The first kappa shape index (κ1) is 7.81. The van der Waals surface area contributed by atoms with Crippen molar-refractivity contribution in [2.75, 3.05) is 0 Å². The van der Waals surface area contributed by atoms with Gasteiger partial charge in [0.1, 0.15) is 0 Å². The van der Waals surface area contributed by atoms with Gasteiger partial charge in [0.15, 0.2) is 0 Å². The Morgan fingerprint density at radius 2 is 2.00 bits per heavy atom. The van der Waals surface area contributed by atoms with Crippen LogP contribution < -0.4 is 0 Å². The van der Waals surface area contributed by atoms with Crippen LogP contribution in [0.15, 0.2) is 24.3 Å². The molecular formula is C11H14O. The molecule has 1 nitrogen and oxygen atoms in total. The third-order valence-corrected chi connectivity index (χ3v) is 2.75. The second-order valence-electron chi connectivity index (χ2n) is 3.50. The van der Waals surface area contributed by atoms with Crippen molar-refractivity contribution in [1.82, 2.24) is 0 Å². The first-order chi connectivity index (χ1) is 5.79. The highest BCUT2D eigenvalue weighted by molar-refractivity contribution is 5.31. The minimum atomic E-state index is 0.361. The lowest BCUT2D eigenvalue weighted by Gasteiger charge is -2.28. The van der Waals surface area contributed by atoms with E-state index in [9.17, 15) is 0 Å². The molecule has 0 saturated carbocycles. The van der Waals surface area contributed by atoms with Crippen LogP contribution in [-0.2, 0) is 11.3 Å². The Bertz CT molecular complexity index is 280. The normalized spacial score (nSPS) is 28.2. The van der Waals surface area contributed by atoms with Gasteiger partial charge in [0.05, 0.1) is 12.7 Å². The highest BCUT2D eigenvalue weighted by Gasteiger charge is 2.22. The fraction of sp³-hybridized carbons (Fsp3) is 0.455. The van der Waals surface area contributed by atoms with Crippen molar-refractivity contribution >= 4 is 0 Å². The van der Waals surface area contributed by atoms with Crippen LogP contribution in [0.1, 0.15) is 30.9 Å². The Morgan fingerprint density at radius 1 is 1.25 bits per heavy atom. The third kappa shape index (κ3) is 1.14. The van der Waals surface area contributed by atoms with Crippen molar-refractivity contribution in [1.29, 1.82) is 0 Å². The van der Waals surface area contributed by atoms with Gasteiger partial charge in [0, 0.05) is 5.92 Å². The van der Waals surface area contributed by atoms with Gasteiger partial charge in [0.2, 0.25) is 0 Å². The number of hydrogen-bond acceptors (Lipinski definition) is 1. The van der Waals surface area contributed by atoms with Crippen LogP contribution in [0.3, 0.4) is 0 Å². The van der Waals surface area contributed by atoms with Gasteiger partial charge in [-0.15, -0.1) is 0 Å². The maximum absolute atomic E-state index is 5.62. The lowest BCUT2D eigenvalue weighted by atomic mass is 9.90. The molecule has 2 atom stereocenters. The van der Waals surface area contributed by atoms with Gasteiger partial charge in [-0.25, -0.2) is 0 Å². The first-order valence-electron chi connectivity index (χ1n) is 4.48. The van der Waals surface area contributed by atoms with Crippen molar-refractivity contribution in [2.24, 2.45) is 0 Å². The molecule has 1 aromatic carbocycles. The van der Waals surface area contributed by atoms with E-state index in [4.69, 9.17) is 4.74 Å². The molecule has 1 aromatic rings. The van der Waals surface area contributed by atoms with E-state index in [1.54, 1.807) is 0 Å². The van der Waals surface area contributed by atoms with Gasteiger partial charge < -0.3 is 4.74 Å². The van der Waals surface area contributed by atoms with Gasteiger partial charge in [-0.05, 0) is 18.1 Å². The van der Waals surface area contributed by atoms with E-state index >= 15 is 0 Å². The molecule has 0 aromatic heterocycles. The van der Waals surface area contributed by atoms with E-state index in [1.807, 2.05) is 0 Å². The van der Waals surface area contributed by atoms with Gasteiger partial charge in [-0.2, -0.15) is 0 Å². The molecule has 0 amide bonds. The number of ether oxygens (including phenoxy) is 1. The quantitative estimate of drug-likeness (QED) is 0.570. The molecule has 12 heavy (non-hydrogen) atoms. The molecule has 1 aliphatic heterocycles. The zero-order chi connectivity index (χ0) is 8.55. The summed E-state index contributed by atoms with van der Waals surface area (Å²) in [5.41, 5.74) is 2.80. The summed E-state index contributed by atoms with van der Waals surface area (Å²) in [6.07, 6.45) is 0.361. The van der Waals surface area contributed by atoms with Crippen molar-refractivity contribution in [3.8, 4) is 0 Å². The summed E-state index contributed by atoms with van der Waals surface area (Å²) in [5, 5.41) is 0. The molecule has 1 aliphatic rings. The Balaban J connectivity index is 2.42. The molecule has 0 N–H and O–H groups in total. The average Bonchev–Trinajstić information content (AvgIpc) is 2.12. The maximum Gasteiger partial charge on any atom is 0.0723 e. The van der Waals surface area contributed by atoms with E-state index in [-0.39, 0.29) is 0 Å². The molecular weight excluding hydrogens is 148 g/mol. The first-order valence-corrected chi connectivity index (χ1v) is 4.48. The van der Waals surface area contributed by atoms with Crippen LogP contribution in [0.4, 0.5) is 0 Å². The van der Waals surface area contributed by atoms with Crippen LogP contribution in [0, 0.1) is 0 Å². The van der Waals surface area contributed by atoms with Crippen LogP contribution >= 0.6 is 0 Å². The fourth-order valence-corrected chi connectivity index (χ4v) is 1.73. The lowest BCUT2D eigenvalue weighted by molar-refractivity contribution is 0.0242. The number of benzene rings is 1. The van der Waals surface area contributed by atoms with Gasteiger partial charge in [-0.1, -0.05) is 31.2 Å². The van der Waals surface area contributed by atoms with Gasteiger partial charge >= 0.3 is 0 Å². The van der Waals surface area contributed by atoms with Crippen LogP contribution in [0.25, 0.3) is 0 Å². The zero-order valence-corrected chi connectivity index (χ0v) is 7.58. The van der Waals surface area contributed by atoms with E-state index in [1.165, 1.54) is 11.1 Å². The molecule has 0 aliphatic carbocycles. The third-order valence-electron chi connectivity index (χ3n) is 2.75. The summed E-state index contributed by atoms with van der Waals surface area (Å²) in [6, 6.07) is 8.54. The van der Waals surface area contributed by atoms with E-state index in [0.717, 1.165) is 6.61 Å². The predicted molar refractivity (Wildman–Crippen MR) is 49.1 cm³/mol. The smallest absolute Gasteiger partial charge is 0.0723 e. The van der Waals surface area contributed by atoms with Crippen LogP contribution in [0.5, 0.6) is 0 Å². The highest BCUT2D eigenvalue weighted by Crippen LogP contribution is 2.30. The van der Waals surface area contributed by atoms with Crippen molar-refractivity contribution in [3.63, 3.8) is 0 Å². The second kappa shape index (κ2) is 2.91. The summed E-state index contributed by atoms with van der Waals surface area (Å²) in [6.45, 7) is 5.14. The topological polar surface area (TPSA) is 9.23 Å². The predicted octanol–water partition coefficient (Wildman–Crippen LogP) is 2.71. The minimum Gasteiger partial charge on any atom is -0.373 e. The number of fused-ring (bicyclic) bond motifs is 1. The number of rotatable bonds is 0. The second-order valence-corrected chi connectivity index (χ2v) is 3.50. The summed E-state index contributed by atoms with van der Waals surface area (Å²) in [5.74, 6) is 0.537. The molecule has 0 saturated heterocycles. The molecule has 64 valence electrons. The van der Waals surface area contributed by atoms with E-state index in [0.29, 0.717) is 12.0 Å². The van der Waals surface area contributed by atoms with Gasteiger partial charge in [0.25, 0.3) is 0 Å². The van der Waals surface area contributed by atoms with Crippen molar-refractivity contribution in [3.05, 3.63) is 35.4 Å². The van der Waals surface area contributed by atoms with Crippen molar-refractivity contribution in [2.45, 2.75) is 32.5 Å². The van der Waals surface area contributed by atoms with Gasteiger partial charge in [-0.3, -0.25) is 0 Å². The molecule has 0 spiro atoms. The van der Waals surface area contributed by atoms with Crippen LogP contribution in [-0.4, -0.2) is 6.10 Å². The molecule has 1 heterocycles. The summed E-state index contributed by atoms with van der Waals surface area (Å²) in [7, 11) is 0. The van der Waals surface area contributed by atoms with E-state index in [2.05, 4.69) is 38.1 Å². The van der Waals surface area contributed by atoms with E-state index < -0.39 is 0 Å². The standard InChI is InChI=1S/C11H14O/c1-8-9(2)12-7-10-5-3-4-6-11(8)10/h3-6,8-9H,7H2,1-2H3/t8-,9+/m1/s1. The molecule has 0 fully saturated rings. The Kier molecular flexibility index (Phi) is 1.89.